The number of benzene rings is 1. The number of aromatic carboxylic acids is 1. The van der Waals surface area contributed by atoms with Crippen molar-refractivity contribution >= 4 is 46.6 Å². The number of ether oxygens (including phenoxy) is 1. The Morgan fingerprint density at radius 1 is 1.15 bits per heavy atom. The standard InChI is InChI=1S/C29H35ClN4O6S/c1-40-14-21(35)34-13-8-19(20-15-41-25(22(20)30)28(38)39)23(24(34)26(31)36)32-27(37)17-4-6-18(7-5-17)29(9-10-29)16-33-11-2-3-12-33/h4-7,15,19,23-24H,2-3,8-14,16H2,1H3,(H2,31,36)(H,32,37)(H,38,39). The minimum atomic E-state index is -1.18. The average Bonchev–Trinajstić information content (AvgIpc) is 3.34. The molecule has 0 spiro atoms. The molecule has 0 radical (unpaired) electrons. The van der Waals surface area contributed by atoms with Crippen LogP contribution in [-0.4, -0.2) is 90.6 Å². The Bertz CT molecular complexity index is 1320. The number of amides is 3. The molecule has 2 aromatic rings. The van der Waals surface area contributed by atoms with E-state index in [1.165, 1.54) is 30.4 Å². The largest absolute Gasteiger partial charge is 0.477 e. The molecule has 3 amide bonds. The first-order valence-electron chi connectivity index (χ1n) is 13.9. The van der Waals surface area contributed by atoms with E-state index in [1.807, 2.05) is 12.1 Å². The zero-order valence-corrected chi connectivity index (χ0v) is 24.5. The number of methoxy groups -OCH3 is 1. The summed E-state index contributed by atoms with van der Waals surface area (Å²) in [5, 5.41) is 14.2. The summed E-state index contributed by atoms with van der Waals surface area (Å²) < 4.78 is 5.00. The van der Waals surface area contributed by atoms with Crippen LogP contribution >= 0.6 is 22.9 Å². The molecule has 1 aromatic heterocycles. The van der Waals surface area contributed by atoms with Crippen LogP contribution in [-0.2, 0) is 19.7 Å². The third-order valence-electron chi connectivity index (χ3n) is 8.66. The fourth-order valence-corrected chi connectivity index (χ4v) is 7.71. The van der Waals surface area contributed by atoms with Crippen molar-refractivity contribution in [3.63, 3.8) is 0 Å². The lowest BCUT2D eigenvalue weighted by Gasteiger charge is -2.44. The highest BCUT2D eigenvalue weighted by molar-refractivity contribution is 7.12. The first-order valence-corrected chi connectivity index (χ1v) is 15.1. The fraction of sp³-hybridized carbons (Fsp3) is 0.517. The molecule has 220 valence electrons. The average molecular weight is 603 g/mol. The quantitative estimate of drug-likeness (QED) is 0.379. The number of rotatable bonds is 10. The van der Waals surface area contributed by atoms with E-state index in [-0.39, 0.29) is 28.5 Å². The number of thiophene rings is 1. The lowest BCUT2D eigenvalue weighted by atomic mass is 9.80. The molecule has 12 heteroatoms. The molecule has 5 rings (SSSR count). The molecule has 3 heterocycles. The van der Waals surface area contributed by atoms with Gasteiger partial charge in [0.15, 0.2) is 0 Å². The molecule has 10 nitrogen and oxygen atoms in total. The molecule has 2 aliphatic heterocycles. The van der Waals surface area contributed by atoms with Crippen LogP contribution in [0, 0.1) is 0 Å². The van der Waals surface area contributed by atoms with Crippen molar-refractivity contribution in [2.75, 3.05) is 39.9 Å². The molecule has 3 fully saturated rings. The van der Waals surface area contributed by atoms with Crippen molar-refractivity contribution in [3.05, 3.63) is 56.2 Å². The van der Waals surface area contributed by atoms with Gasteiger partial charge < -0.3 is 30.7 Å². The zero-order chi connectivity index (χ0) is 29.3. The smallest absolute Gasteiger partial charge is 0.347 e. The number of likely N-dealkylation sites (tertiary alicyclic amines) is 2. The molecule has 4 N–H and O–H groups in total. The van der Waals surface area contributed by atoms with Gasteiger partial charge in [-0.25, -0.2) is 4.79 Å². The fourth-order valence-electron chi connectivity index (χ4n) is 6.38. The summed E-state index contributed by atoms with van der Waals surface area (Å²) in [7, 11) is 1.38. The maximum Gasteiger partial charge on any atom is 0.347 e. The van der Waals surface area contributed by atoms with Gasteiger partial charge in [-0.2, -0.15) is 0 Å². The number of nitrogens with one attached hydrogen (secondary N) is 1. The second kappa shape index (κ2) is 12.1. The minimum absolute atomic E-state index is 0.0289. The molecular weight excluding hydrogens is 568 g/mol. The Labute approximate surface area is 247 Å². The van der Waals surface area contributed by atoms with E-state index < -0.39 is 41.7 Å². The predicted octanol–water partition coefficient (Wildman–Crippen LogP) is 2.84. The van der Waals surface area contributed by atoms with Crippen molar-refractivity contribution in [3.8, 4) is 0 Å². The summed E-state index contributed by atoms with van der Waals surface area (Å²) in [6.45, 7) is 3.22. The molecule has 0 bridgehead atoms. The third-order valence-corrected chi connectivity index (χ3v) is 10.2. The molecular formula is C29H35ClN4O6S. The van der Waals surface area contributed by atoms with E-state index in [4.69, 9.17) is 22.1 Å². The number of nitrogens with two attached hydrogens (primary N) is 1. The highest BCUT2D eigenvalue weighted by Gasteiger charge is 2.47. The molecule has 1 aliphatic carbocycles. The minimum Gasteiger partial charge on any atom is -0.477 e. The summed E-state index contributed by atoms with van der Waals surface area (Å²) in [4.78, 5) is 54.7. The van der Waals surface area contributed by atoms with Gasteiger partial charge in [0.2, 0.25) is 11.8 Å². The van der Waals surface area contributed by atoms with Gasteiger partial charge in [-0.05, 0) is 73.8 Å². The number of primary amides is 1. The van der Waals surface area contributed by atoms with Crippen molar-refractivity contribution in [1.29, 1.82) is 0 Å². The van der Waals surface area contributed by atoms with Crippen LogP contribution in [0.25, 0.3) is 0 Å². The number of halogens is 1. The van der Waals surface area contributed by atoms with Gasteiger partial charge in [0.05, 0.1) is 11.1 Å². The van der Waals surface area contributed by atoms with Gasteiger partial charge >= 0.3 is 5.97 Å². The Balaban J connectivity index is 1.41. The molecule has 3 atom stereocenters. The number of carboxylic acid groups (broad SMARTS) is 1. The lowest BCUT2D eigenvalue weighted by Crippen LogP contribution is -2.64. The molecule has 1 aromatic carbocycles. The first kappa shape index (κ1) is 29.5. The van der Waals surface area contributed by atoms with E-state index in [0.29, 0.717) is 17.5 Å². The van der Waals surface area contributed by atoms with Gasteiger partial charge in [0, 0.05) is 37.1 Å². The van der Waals surface area contributed by atoms with E-state index in [1.54, 1.807) is 17.5 Å². The Hall–Kier alpha value is -2.99. The van der Waals surface area contributed by atoms with E-state index in [9.17, 15) is 24.3 Å². The maximum absolute atomic E-state index is 13.6. The van der Waals surface area contributed by atoms with Gasteiger partial charge in [-0.1, -0.05) is 23.7 Å². The number of carboxylic acids is 1. The lowest BCUT2D eigenvalue weighted by molar-refractivity contribution is -0.145. The Kier molecular flexibility index (Phi) is 8.70. The second-order valence-electron chi connectivity index (χ2n) is 11.2. The Morgan fingerprint density at radius 3 is 2.39 bits per heavy atom. The summed E-state index contributed by atoms with van der Waals surface area (Å²) >= 11 is 7.45. The third kappa shape index (κ3) is 5.99. The van der Waals surface area contributed by atoms with Crippen LogP contribution in [0.15, 0.2) is 29.6 Å². The van der Waals surface area contributed by atoms with Crippen LogP contribution < -0.4 is 11.1 Å². The molecule has 1 saturated carbocycles. The van der Waals surface area contributed by atoms with Crippen molar-refractivity contribution < 1.29 is 29.0 Å². The van der Waals surface area contributed by atoms with Crippen molar-refractivity contribution in [2.45, 2.75) is 55.5 Å². The molecule has 3 unspecified atom stereocenters. The van der Waals surface area contributed by atoms with Crippen LogP contribution in [0.1, 0.15) is 69.2 Å². The first-order chi connectivity index (χ1) is 19.6. The Morgan fingerprint density at radius 2 is 1.83 bits per heavy atom. The summed E-state index contributed by atoms with van der Waals surface area (Å²) in [5.74, 6) is -3.36. The van der Waals surface area contributed by atoms with E-state index in [0.717, 1.165) is 43.8 Å². The van der Waals surface area contributed by atoms with Crippen LogP contribution in [0.5, 0.6) is 0 Å². The maximum atomic E-state index is 13.6. The molecule has 2 saturated heterocycles. The number of carbonyl (C=O) groups excluding carboxylic acids is 3. The second-order valence-corrected chi connectivity index (χ2v) is 12.5. The van der Waals surface area contributed by atoms with Gasteiger partial charge in [0.1, 0.15) is 17.5 Å². The molecule has 41 heavy (non-hydrogen) atoms. The number of carbonyl (C=O) groups is 4. The highest BCUT2D eigenvalue weighted by Crippen LogP contribution is 2.49. The highest BCUT2D eigenvalue weighted by atomic mass is 35.5. The number of hydrogen-bond acceptors (Lipinski definition) is 7. The summed E-state index contributed by atoms with van der Waals surface area (Å²) in [6, 6.07) is 5.47. The predicted molar refractivity (Wildman–Crippen MR) is 154 cm³/mol. The normalized spacial score (nSPS) is 23.8. The van der Waals surface area contributed by atoms with Gasteiger partial charge in [-0.3, -0.25) is 14.4 Å². The zero-order valence-electron chi connectivity index (χ0n) is 22.9. The van der Waals surface area contributed by atoms with Crippen molar-refractivity contribution in [2.24, 2.45) is 5.73 Å². The topological polar surface area (TPSA) is 142 Å². The number of hydrogen-bond donors (Lipinski definition) is 3. The molecule has 3 aliphatic rings. The monoisotopic (exact) mass is 602 g/mol. The van der Waals surface area contributed by atoms with Gasteiger partial charge in [0.25, 0.3) is 5.91 Å². The number of nitrogens with zero attached hydrogens (tertiary/aromatic N) is 2. The SMILES string of the molecule is COCC(=O)N1CCC(c2csc(C(=O)O)c2Cl)C(NC(=O)c2ccc(C3(CN4CCCC4)CC3)cc2)C1C(N)=O. The van der Waals surface area contributed by atoms with Crippen LogP contribution in [0.4, 0.5) is 0 Å². The summed E-state index contributed by atoms with van der Waals surface area (Å²) in [5.41, 5.74) is 8.09. The summed E-state index contributed by atoms with van der Waals surface area (Å²) in [6.07, 6.45) is 5.07. The van der Waals surface area contributed by atoms with Gasteiger partial charge in [-0.15, -0.1) is 11.3 Å². The van der Waals surface area contributed by atoms with Crippen LogP contribution in [0.3, 0.4) is 0 Å². The van der Waals surface area contributed by atoms with E-state index in [2.05, 4.69) is 10.2 Å². The van der Waals surface area contributed by atoms with Crippen molar-refractivity contribution in [1.82, 2.24) is 15.1 Å². The number of piperidine rings is 1. The van der Waals surface area contributed by atoms with Crippen LogP contribution in [0.2, 0.25) is 5.02 Å². The van der Waals surface area contributed by atoms with E-state index >= 15 is 0 Å².